The number of nitrogens with zero attached hydrogens (tertiary/aromatic N) is 3. The molecular formula is C24H31N3O2S. The molecule has 2 aromatic carbocycles. The lowest BCUT2D eigenvalue weighted by atomic mass is 9.85. The third-order valence-electron chi connectivity index (χ3n) is 5.87. The quantitative estimate of drug-likeness (QED) is 0.574. The third kappa shape index (κ3) is 4.35. The van der Waals surface area contributed by atoms with E-state index in [1.807, 2.05) is 44.0 Å². The van der Waals surface area contributed by atoms with E-state index >= 15 is 0 Å². The summed E-state index contributed by atoms with van der Waals surface area (Å²) >= 11 is 1.93. The van der Waals surface area contributed by atoms with Gasteiger partial charge in [0.1, 0.15) is 22.5 Å². The number of fused-ring (bicyclic) bond motifs is 1. The smallest absolute Gasteiger partial charge is 0.146 e. The Balaban J connectivity index is 1.61. The average Bonchev–Trinajstić information content (AvgIpc) is 3.12. The van der Waals surface area contributed by atoms with Crippen LogP contribution in [-0.4, -0.2) is 38.6 Å². The van der Waals surface area contributed by atoms with Crippen molar-refractivity contribution in [2.24, 2.45) is 0 Å². The van der Waals surface area contributed by atoms with E-state index in [9.17, 15) is 5.11 Å². The maximum Gasteiger partial charge on any atom is 0.146 e. The molecule has 1 aliphatic carbocycles. The van der Waals surface area contributed by atoms with Crippen LogP contribution in [0.1, 0.15) is 57.6 Å². The summed E-state index contributed by atoms with van der Waals surface area (Å²) in [6.45, 7) is 8.33. The summed E-state index contributed by atoms with van der Waals surface area (Å²) in [7, 11) is 1.81. The van der Waals surface area contributed by atoms with Crippen molar-refractivity contribution in [2.75, 3.05) is 7.11 Å². The first-order chi connectivity index (χ1) is 14.2. The van der Waals surface area contributed by atoms with Crippen molar-refractivity contribution in [1.82, 2.24) is 15.0 Å². The topological polar surface area (TPSA) is 60.2 Å². The highest BCUT2D eigenvalue weighted by molar-refractivity contribution is 8.00. The Kier molecular flexibility index (Phi) is 5.82. The molecule has 5 nitrogen and oxygen atoms in total. The van der Waals surface area contributed by atoms with Crippen molar-refractivity contribution in [1.29, 1.82) is 0 Å². The number of aromatic hydroxyl groups is 1. The van der Waals surface area contributed by atoms with Crippen LogP contribution in [0.2, 0.25) is 0 Å². The van der Waals surface area contributed by atoms with E-state index in [0.29, 0.717) is 17.0 Å². The number of ether oxygens (including phenoxy) is 1. The number of phenolic OH excluding ortho intramolecular Hbond substituents is 1. The van der Waals surface area contributed by atoms with Crippen LogP contribution in [0.15, 0.2) is 35.2 Å². The van der Waals surface area contributed by atoms with E-state index in [2.05, 4.69) is 38.0 Å². The van der Waals surface area contributed by atoms with Crippen molar-refractivity contribution >= 4 is 22.8 Å². The first kappa shape index (κ1) is 21.2. The van der Waals surface area contributed by atoms with E-state index in [1.165, 1.54) is 17.7 Å². The zero-order chi connectivity index (χ0) is 21.5. The molecule has 3 aromatic rings. The Labute approximate surface area is 182 Å². The number of rotatable bonds is 4. The molecule has 30 heavy (non-hydrogen) atoms. The number of aryl methyl sites for hydroxylation is 1. The Hall–Kier alpha value is -2.05. The van der Waals surface area contributed by atoms with Crippen LogP contribution < -0.4 is 0 Å². The van der Waals surface area contributed by atoms with Crippen molar-refractivity contribution in [3.05, 3.63) is 41.5 Å². The minimum atomic E-state index is -0.164. The molecule has 0 bridgehead atoms. The molecule has 1 aliphatic rings. The minimum absolute atomic E-state index is 0.164. The zero-order valence-electron chi connectivity index (χ0n) is 18.5. The molecule has 0 aliphatic heterocycles. The second-order valence-corrected chi connectivity index (χ2v) is 10.7. The fourth-order valence-electron chi connectivity index (χ4n) is 4.14. The summed E-state index contributed by atoms with van der Waals surface area (Å²) in [6, 6.07) is 10.2. The maximum absolute atomic E-state index is 10.9. The number of benzene rings is 2. The number of thioether (sulfide) groups is 1. The maximum atomic E-state index is 10.9. The molecular weight excluding hydrogens is 394 g/mol. The van der Waals surface area contributed by atoms with Gasteiger partial charge in [0.2, 0.25) is 0 Å². The molecule has 1 N–H and O–H groups in total. The first-order valence-electron chi connectivity index (χ1n) is 10.7. The van der Waals surface area contributed by atoms with Gasteiger partial charge in [-0.15, -0.1) is 26.8 Å². The van der Waals surface area contributed by atoms with Crippen LogP contribution in [0.3, 0.4) is 0 Å². The minimum Gasteiger partial charge on any atom is -0.505 e. The SMILES string of the molecule is COC1CCC(Sc2ccc3nn(-c4cc(C)cc(C(C)(C)C)c4O)nc3c2)CC1. The number of phenols is 1. The van der Waals surface area contributed by atoms with Crippen LogP contribution in [0.4, 0.5) is 0 Å². The van der Waals surface area contributed by atoms with E-state index in [1.54, 1.807) is 4.80 Å². The van der Waals surface area contributed by atoms with Crippen molar-refractivity contribution in [3.63, 3.8) is 0 Å². The summed E-state index contributed by atoms with van der Waals surface area (Å²) in [4.78, 5) is 2.79. The summed E-state index contributed by atoms with van der Waals surface area (Å²) in [5.41, 5.74) is 4.13. The molecule has 4 rings (SSSR count). The van der Waals surface area contributed by atoms with Crippen LogP contribution in [0.5, 0.6) is 5.75 Å². The molecule has 1 heterocycles. The van der Waals surface area contributed by atoms with E-state index < -0.39 is 0 Å². The molecule has 6 heteroatoms. The Morgan fingerprint density at radius 2 is 1.73 bits per heavy atom. The lowest BCUT2D eigenvalue weighted by Crippen LogP contribution is -2.21. The number of methoxy groups -OCH3 is 1. The fraction of sp³-hybridized carbons (Fsp3) is 0.500. The Bertz CT molecular complexity index is 1050. The van der Waals surface area contributed by atoms with Gasteiger partial charge in [-0.1, -0.05) is 26.8 Å². The Morgan fingerprint density at radius 3 is 2.40 bits per heavy atom. The number of aromatic nitrogens is 3. The predicted molar refractivity (Wildman–Crippen MR) is 123 cm³/mol. The lowest BCUT2D eigenvalue weighted by Gasteiger charge is -2.27. The summed E-state index contributed by atoms with van der Waals surface area (Å²) < 4.78 is 5.49. The van der Waals surface area contributed by atoms with Crippen molar-refractivity contribution in [3.8, 4) is 11.4 Å². The van der Waals surface area contributed by atoms with Gasteiger partial charge in [0.15, 0.2) is 0 Å². The highest BCUT2D eigenvalue weighted by atomic mass is 32.2. The average molecular weight is 426 g/mol. The highest BCUT2D eigenvalue weighted by Gasteiger charge is 2.23. The molecule has 0 unspecified atom stereocenters. The molecule has 0 radical (unpaired) electrons. The van der Waals surface area contributed by atoms with Gasteiger partial charge in [0.05, 0.1) is 6.10 Å². The largest absolute Gasteiger partial charge is 0.505 e. The second kappa shape index (κ2) is 8.23. The van der Waals surface area contributed by atoms with Crippen LogP contribution in [0, 0.1) is 6.92 Å². The molecule has 160 valence electrons. The summed E-state index contributed by atoms with van der Waals surface area (Å²) in [6.07, 6.45) is 5.05. The van der Waals surface area contributed by atoms with Crippen LogP contribution >= 0.6 is 11.8 Å². The van der Waals surface area contributed by atoms with Gasteiger partial charge in [0, 0.05) is 22.8 Å². The predicted octanol–water partition coefficient (Wildman–Crippen LogP) is 5.78. The van der Waals surface area contributed by atoms with Gasteiger partial charge < -0.3 is 9.84 Å². The molecule has 0 saturated heterocycles. The summed E-state index contributed by atoms with van der Waals surface area (Å²) in [5.74, 6) is 0.248. The van der Waals surface area contributed by atoms with E-state index in [4.69, 9.17) is 9.84 Å². The summed E-state index contributed by atoms with van der Waals surface area (Å²) in [5, 5.41) is 20.9. The van der Waals surface area contributed by atoms with E-state index in [-0.39, 0.29) is 11.2 Å². The lowest BCUT2D eigenvalue weighted by molar-refractivity contribution is 0.0723. The highest BCUT2D eigenvalue weighted by Crippen LogP contribution is 2.37. The van der Waals surface area contributed by atoms with Crippen LogP contribution in [-0.2, 0) is 10.2 Å². The molecule has 1 aromatic heterocycles. The van der Waals surface area contributed by atoms with Gasteiger partial charge in [-0.2, -0.15) is 0 Å². The fourth-order valence-corrected chi connectivity index (χ4v) is 5.36. The van der Waals surface area contributed by atoms with Gasteiger partial charge in [-0.25, -0.2) is 0 Å². The second-order valence-electron chi connectivity index (χ2n) is 9.32. The molecule has 0 amide bonds. The molecule has 0 atom stereocenters. The first-order valence-corrected chi connectivity index (χ1v) is 11.5. The molecule has 1 saturated carbocycles. The van der Waals surface area contributed by atoms with Gasteiger partial charge in [-0.05, 0) is 67.9 Å². The number of hydrogen-bond donors (Lipinski definition) is 1. The monoisotopic (exact) mass is 425 g/mol. The van der Waals surface area contributed by atoms with Crippen LogP contribution in [0.25, 0.3) is 16.7 Å². The van der Waals surface area contributed by atoms with Gasteiger partial charge >= 0.3 is 0 Å². The van der Waals surface area contributed by atoms with E-state index in [0.717, 1.165) is 35.0 Å². The number of hydrogen-bond acceptors (Lipinski definition) is 5. The normalized spacial score (nSPS) is 20.0. The Morgan fingerprint density at radius 1 is 1.03 bits per heavy atom. The zero-order valence-corrected chi connectivity index (χ0v) is 19.3. The standard InChI is InChI=1S/C24H31N3O2S/c1-15-12-19(24(2,3)4)23(28)22(13-15)27-25-20-11-10-18(14-21(20)26-27)30-17-8-6-16(29-5)7-9-17/h10-14,16-17,28H,6-9H2,1-5H3. The third-order valence-corrected chi connectivity index (χ3v) is 7.20. The molecule has 1 fully saturated rings. The van der Waals surface area contributed by atoms with Gasteiger partial charge in [0.25, 0.3) is 0 Å². The van der Waals surface area contributed by atoms with Gasteiger partial charge in [-0.3, -0.25) is 0 Å². The molecule has 0 spiro atoms. The van der Waals surface area contributed by atoms with Crippen molar-refractivity contribution < 1.29 is 9.84 Å². The van der Waals surface area contributed by atoms with Crippen molar-refractivity contribution in [2.45, 2.75) is 75.0 Å².